The van der Waals surface area contributed by atoms with Crippen molar-refractivity contribution in [3.05, 3.63) is 42.5 Å². The van der Waals surface area contributed by atoms with Crippen LogP contribution in [0.2, 0.25) is 0 Å². The van der Waals surface area contributed by atoms with E-state index in [1.807, 2.05) is 56.3 Å². The summed E-state index contributed by atoms with van der Waals surface area (Å²) < 4.78 is 5.11. The molecule has 1 aliphatic heterocycles. The van der Waals surface area contributed by atoms with Gasteiger partial charge >= 0.3 is 5.97 Å². The lowest BCUT2D eigenvalue weighted by Gasteiger charge is -2.26. The molecule has 0 aromatic heterocycles. The van der Waals surface area contributed by atoms with Gasteiger partial charge in [-0.05, 0) is 38.8 Å². The monoisotopic (exact) mass is 398 g/mol. The molecule has 1 saturated heterocycles. The number of allylic oxidation sites excluding steroid dienone is 2. The van der Waals surface area contributed by atoms with Crippen molar-refractivity contribution in [2.45, 2.75) is 39.2 Å². The SMILES string of the molecule is CC(C)N(C(=O)COC(=O)CCN1C(=O)[C@H]2CC=CC[C@H]2C1=O)c1ccccc1. The first kappa shape index (κ1) is 20.8. The number of anilines is 1. The van der Waals surface area contributed by atoms with Crippen LogP contribution in [0, 0.1) is 11.8 Å². The van der Waals surface area contributed by atoms with Crippen LogP contribution in [0.15, 0.2) is 42.5 Å². The van der Waals surface area contributed by atoms with Gasteiger partial charge in [0.1, 0.15) is 0 Å². The zero-order valence-electron chi connectivity index (χ0n) is 16.7. The molecule has 0 radical (unpaired) electrons. The molecule has 154 valence electrons. The van der Waals surface area contributed by atoms with Gasteiger partial charge in [-0.1, -0.05) is 30.4 Å². The molecule has 0 saturated carbocycles. The van der Waals surface area contributed by atoms with Crippen LogP contribution in [-0.4, -0.2) is 47.8 Å². The van der Waals surface area contributed by atoms with E-state index >= 15 is 0 Å². The highest BCUT2D eigenvalue weighted by Crippen LogP contribution is 2.35. The zero-order chi connectivity index (χ0) is 21.0. The molecule has 1 fully saturated rings. The molecule has 1 heterocycles. The minimum atomic E-state index is -0.608. The van der Waals surface area contributed by atoms with Crippen molar-refractivity contribution in [3.63, 3.8) is 0 Å². The van der Waals surface area contributed by atoms with E-state index in [9.17, 15) is 19.2 Å². The zero-order valence-corrected chi connectivity index (χ0v) is 16.7. The van der Waals surface area contributed by atoms with Crippen molar-refractivity contribution in [3.8, 4) is 0 Å². The Kier molecular flexibility index (Phi) is 6.46. The molecular weight excluding hydrogens is 372 g/mol. The van der Waals surface area contributed by atoms with Gasteiger partial charge < -0.3 is 9.64 Å². The van der Waals surface area contributed by atoms with E-state index < -0.39 is 5.97 Å². The fourth-order valence-corrected chi connectivity index (χ4v) is 3.90. The van der Waals surface area contributed by atoms with Gasteiger partial charge in [0.05, 0.1) is 18.3 Å². The Labute approximate surface area is 170 Å². The Balaban J connectivity index is 1.50. The van der Waals surface area contributed by atoms with E-state index in [-0.39, 0.29) is 55.2 Å². The molecule has 1 aromatic carbocycles. The summed E-state index contributed by atoms with van der Waals surface area (Å²) in [5.41, 5.74) is 0.730. The minimum Gasteiger partial charge on any atom is -0.455 e. The van der Waals surface area contributed by atoms with E-state index in [1.54, 1.807) is 4.90 Å². The van der Waals surface area contributed by atoms with Gasteiger partial charge in [0, 0.05) is 18.3 Å². The third-order valence-corrected chi connectivity index (χ3v) is 5.31. The number of carbonyl (C=O) groups excluding carboxylic acids is 4. The number of benzene rings is 1. The number of carbonyl (C=O) groups is 4. The number of para-hydroxylation sites is 1. The summed E-state index contributed by atoms with van der Waals surface area (Å²) in [6.45, 7) is 3.37. The molecule has 2 aliphatic rings. The summed E-state index contributed by atoms with van der Waals surface area (Å²) in [4.78, 5) is 52.2. The largest absolute Gasteiger partial charge is 0.455 e. The number of hydrogen-bond donors (Lipinski definition) is 0. The number of likely N-dealkylation sites (tertiary alicyclic amines) is 1. The number of nitrogens with zero attached hydrogens (tertiary/aromatic N) is 2. The number of esters is 1. The van der Waals surface area contributed by atoms with Gasteiger partial charge in [-0.15, -0.1) is 0 Å². The van der Waals surface area contributed by atoms with Gasteiger partial charge in [0.15, 0.2) is 6.61 Å². The Morgan fingerprint density at radius 3 is 2.21 bits per heavy atom. The van der Waals surface area contributed by atoms with Crippen LogP contribution >= 0.6 is 0 Å². The summed E-state index contributed by atoms with van der Waals surface area (Å²) in [5, 5.41) is 0. The Bertz CT molecular complexity index is 792. The van der Waals surface area contributed by atoms with Crippen LogP contribution in [0.1, 0.15) is 33.1 Å². The van der Waals surface area contributed by atoms with Crippen molar-refractivity contribution in [2.24, 2.45) is 11.8 Å². The van der Waals surface area contributed by atoms with Crippen LogP contribution in [0.4, 0.5) is 5.69 Å². The summed E-state index contributed by atoms with van der Waals surface area (Å²) in [7, 11) is 0. The second kappa shape index (κ2) is 9.03. The second-order valence-electron chi connectivity index (χ2n) is 7.59. The lowest BCUT2D eigenvalue weighted by Crippen LogP contribution is -2.40. The summed E-state index contributed by atoms with van der Waals surface area (Å²) in [6.07, 6.45) is 4.85. The lowest BCUT2D eigenvalue weighted by atomic mass is 9.85. The van der Waals surface area contributed by atoms with Gasteiger partial charge in [0.25, 0.3) is 5.91 Å². The molecular formula is C22H26N2O5. The average molecular weight is 398 g/mol. The van der Waals surface area contributed by atoms with Crippen LogP contribution in [0.25, 0.3) is 0 Å². The fraction of sp³-hybridized carbons (Fsp3) is 0.455. The van der Waals surface area contributed by atoms with Crippen LogP contribution in [0.5, 0.6) is 0 Å². The highest BCUT2D eigenvalue weighted by molar-refractivity contribution is 6.05. The molecule has 1 aromatic rings. The Hall–Kier alpha value is -2.96. The molecule has 29 heavy (non-hydrogen) atoms. The van der Waals surface area contributed by atoms with Crippen molar-refractivity contribution in [2.75, 3.05) is 18.1 Å². The molecule has 3 amide bonds. The summed E-state index contributed by atoms with van der Waals surface area (Å²) in [5.74, 6) is -1.99. The number of amides is 3. The maximum Gasteiger partial charge on any atom is 0.308 e. The first-order valence-corrected chi connectivity index (χ1v) is 9.93. The van der Waals surface area contributed by atoms with E-state index in [4.69, 9.17) is 4.74 Å². The molecule has 0 N–H and O–H groups in total. The predicted molar refractivity (Wildman–Crippen MR) is 107 cm³/mol. The summed E-state index contributed by atoms with van der Waals surface area (Å²) in [6, 6.07) is 9.07. The van der Waals surface area contributed by atoms with Crippen LogP contribution in [0.3, 0.4) is 0 Å². The predicted octanol–water partition coefficient (Wildman–Crippen LogP) is 2.31. The third kappa shape index (κ3) is 4.55. The third-order valence-electron chi connectivity index (χ3n) is 5.31. The van der Waals surface area contributed by atoms with Crippen molar-refractivity contribution >= 4 is 29.4 Å². The number of fused-ring (bicyclic) bond motifs is 1. The van der Waals surface area contributed by atoms with Crippen molar-refractivity contribution in [1.82, 2.24) is 4.90 Å². The topological polar surface area (TPSA) is 84.0 Å². The number of hydrogen-bond acceptors (Lipinski definition) is 5. The van der Waals surface area contributed by atoms with E-state index in [0.29, 0.717) is 12.8 Å². The Morgan fingerprint density at radius 1 is 1.07 bits per heavy atom. The molecule has 0 unspecified atom stereocenters. The van der Waals surface area contributed by atoms with Gasteiger partial charge in [0.2, 0.25) is 11.8 Å². The average Bonchev–Trinajstić information content (AvgIpc) is 2.96. The first-order chi connectivity index (χ1) is 13.9. The smallest absolute Gasteiger partial charge is 0.308 e. The standard InChI is InChI=1S/C22H26N2O5/c1-15(2)24(16-8-4-3-5-9-16)19(25)14-29-20(26)12-13-23-21(27)17-10-6-7-11-18(17)22(23)28/h3-9,15,17-18H,10-14H2,1-2H3/t17-,18+. The van der Waals surface area contributed by atoms with Crippen molar-refractivity contribution < 1.29 is 23.9 Å². The number of ether oxygens (including phenoxy) is 1. The van der Waals surface area contributed by atoms with Crippen molar-refractivity contribution in [1.29, 1.82) is 0 Å². The molecule has 7 nitrogen and oxygen atoms in total. The van der Waals surface area contributed by atoms with E-state index in [2.05, 4.69) is 0 Å². The molecule has 3 rings (SSSR count). The first-order valence-electron chi connectivity index (χ1n) is 9.93. The fourth-order valence-electron chi connectivity index (χ4n) is 3.90. The highest BCUT2D eigenvalue weighted by Gasteiger charge is 2.46. The summed E-state index contributed by atoms with van der Waals surface area (Å²) >= 11 is 0. The van der Waals surface area contributed by atoms with Crippen LogP contribution in [-0.2, 0) is 23.9 Å². The highest BCUT2D eigenvalue weighted by atomic mass is 16.5. The minimum absolute atomic E-state index is 0.00965. The molecule has 0 spiro atoms. The van der Waals surface area contributed by atoms with Crippen LogP contribution < -0.4 is 4.90 Å². The van der Waals surface area contributed by atoms with E-state index in [1.165, 1.54) is 0 Å². The van der Waals surface area contributed by atoms with Gasteiger partial charge in [-0.3, -0.25) is 24.1 Å². The lowest BCUT2D eigenvalue weighted by molar-refractivity contribution is -0.149. The van der Waals surface area contributed by atoms with Gasteiger partial charge in [-0.25, -0.2) is 0 Å². The van der Waals surface area contributed by atoms with Gasteiger partial charge in [-0.2, -0.15) is 0 Å². The normalized spacial score (nSPS) is 20.7. The second-order valence-corrected chi connectivity index (χ2v) is 7.59. The molecule has 0 bridgehead atoms. The maximum atomic E-state index is 12.5. The number of imide groups is 1. The van der Waals surface area contributed by atoms with E-state index in [0.717, 1.165) is 10.6 Å². The maximum absolute atomic E-state index is 12.5. The quantitative estimate of drug-likeness (QED) is 0.400. The molecule has 1 aliphatic carbocycles. The number of rotatable bonds is 7. The molecule has 7 heteroatoms. The Morgan fingerprint density at radius 2 is 1.66 bits per heavy atom. The molecule has 2 atom stereocenters.